The summed E-state index contributed by atoms with van der Waals surface area (Å²) in [6, 6.07) is 16.7. The first-order chi connectivity index (χ1) is 12.4. The minimum absolute atomic E-state index is 0.149. The number of aromatic nitrogens is 1. The number of thiazole rings is 1. The van der Waals surface area contributed by atoms with E-state index in [-0.39, 0.29) is 11.9 Å². The molecule has 1 aromatic heterocycles. The molecule has 2 aromatic carbocycles. The second-order valence-electron chi connectivity index (χ2n) is 7.00. The SMILES string of the molecule is Cc1ccc(CN(C)C(=O)C[NH+](C)[C@H](C)c2nc3ccccc3s2)cc1. The van der Waals surface area contributed by atoms with Gasteiger partial charge in [0.2, 0.25) is 0 Å². The fraction of sp³-hybridized carbons (Fsp3) is 0.333. The third-order valence-corrected chi connectivity index (χ3v) is 6.04. The van der Waals surface area contributed by atoms with Crippen LogP contribution in [0, 0.1) is 6.92 Å². The van der Waals surface area contributed by atoms with Crippen LogP contribution in [0.15, 0.2) is 48.5 Å². The Morgan fingerprint density at radius 3 is 2.58 bits per heavy atom. The molecule has 0 saturated heterocycles. The Bertz CT molecular complexity index is 855. The fourth-order valence-electron chi connectivity index (χ4n) is 2.87. The van der Waals surface area contributed by atoms with Crippen LogP contribution >= 0.6 is 11.3 Å². The number of quaternary nitrogens is 1. The van der Waals surface area contributed by atoms with E-state index in [1.807, 2.05) is 25.2 Å². The first-order valence-electron chi connectivity index (χ1n) is 8.91. The van der Waals surface area contributed by atoms with Gasteiger partial charge in [-0.15, -0.1) is 11.3 Å². The minimum atomic E-state index is 0.149. The number of fused-ring (bicyclic) bond motifs is 1. The number of amides is 1. The molecule has 1 amide bonds. The molecule has 0 spiro atoms. The smallest absolute Gasteiger partial charge is 0.277 e. The Kier molecular flexibility index (Phi) is 5.69. The van der Waals surface area contributed by atoms with Crippen molar-refractivity contribution in [3.05, 3.63) is 64.7 Å². The molecule has 3 rings (SSSR count). The van der Waals surface area contributed by atoms with E-state index in [9.17, 15) is 4.79 Å². The number of nitrogens with zero attached hydrogens (tertiary/aromatic N) is 2. The van der Waals surface area contributed by atoms with Gasteiger partial charge in [0.15, 0.2) is 11.6 Å². The van der Waals surface area contributed by atoms with Crippen molar-refractivity contribution in [2.75, 3.05) is 20.6 Å². The molecule has 0 radical (unpaired) electrons. The highest BCUT2D eigenvalue weighted by molar-refractivity contribution is 7.18. The van der Waals surface area contributed by atoms with Gasteiger partial charge in [-0.1, -0.05) is 42.0 Å². The number of likely N-dealkylation sites (N-methyl/N-ethyl adjacent to an activating group) is 2. The molecule has 136 valence electrons. The summed E-state index contributed by atoms with van der Waals surface area (Å²) < 4.78 is 1.20. The van der Waals surface area contributed by atoms with Crippen molar-refractivity contribution in [1.29, 1.82) is 0 Å². The van der Waals surface area contributed by atoms with E-state index in [0.717, 1.165) is 21.0 Å². The van der Waals surface area contributed by atoms with Crippen molar-refractivity contribution in [3.8, 4) is 0 Å². The highest BCUT2D eigenvalue weighted by Crippen LogP contribution is 2.24. The highest BCUT2D eigenvalue weighted by atomic mass is 32.1. The van der Waals surface area contributed by atoms with Crippen molar-refractivity contribution in [1.82, 2.24) is 9.88 Å². The van der Waals surface area contributed by atoms with E-state index >= 15 is 0 Å². The van der Waals surface area contributed by atoms with E-state index < -0.39 is 0 Å². The van der Waals surface area contributed by atoms with Gasteiger partial charge >= 0.3 is 0 Å². The van der Waals surface area contributed by atoms with Crippen LogP contribution in [0.2, 0.25) is 0 Å². The Morgan fingerprint density at radius 2 is 1.88 bits per heavy atom. The number of aryl methyl sites for hydroxylation is 1. The first-order valence-corrected chi connectivity index (χ1v) is 9.73. The van der Waals surface area contributed by atoms with E-state index in [2.05, 4.69) is 51.2 Å². The van der Waals surface area contributed by atoms with E-state index in [1.54, 1.807) is 16.2 Å². The zero-order valence-corrected chi connectivity index (χ0v) is 16.6. The van der Waals surface area contributed by atoms with Gasteiger partial charge in [0, 0.05) is 13.6 Å². The maximum Gasteiger partial charge on any atom is 0.277 e. The van der Waals surface area contributed by atoms with E-state index in [0.29, 0.717) is 13.1 Å². The molecule has 0 aliphatic rings. The van der Waals surface area contributed by atoms with Gasteiger partial charge in [0.25, 0.3) is 5.91 Å². The summed E-state index contributed by atoms with van der Waals surface area (Å²) in [5, 5.41) is 1.08. The average molecular weight is 369 g/mol. The molecule has 0 fully saturated rings. The predicted molar refractivity (Wildman–Crippen MR) is 107 cm³/mol. The lowest BCUT2D eigenvalue weighted by Gasteiger charge is -2.23. The zero-order valence-electron chi connectivity index (χ0n) is 15.8. The normalized spacial score (nSPS) is 13.5. The number of carbonyl (C=O) groups is 1. The van der Waals surface area contributed by atoms with Gasteiger partial charge in [-0.3, -0.25) is 4.79 Å². The number of rotatable bonds is 6. The predicted octanol–water partition coefficient (Wildman–Crippen LogP) is 2.84. The number of nitrogens with one attached hydrogen (secondary N) is 1. The van der Waals surface area contributed by atoms with Crippen LogP contribution in [0.5, 0.6) is 0 Å². The fourth-order valence-corrected chi connectivity index (χ4v) is 3.98. The molecule has 2 atom stereocenters. The van der Waals surface area contributed by atoms with Crippen LogP contribution in [-0.2, 0) is 11.3 Å². The van der Waals surface area contributed by atoms with Gasteiger partial charge in [-0.25, -0.2) is 4.98 Å². The van der Waals surface area contributed by atoms with Crippen LogP contribution in [0.1, 0.15) is 29.1 Å². The molecule has 1 N–H and O–H groups in total. The van der Waals surface area contributed by atoms with Crippen molar-refractivity contribution in [2.45, 2.75) is 26.4 Å². The summed E-state index contributed by atoms with van der Waals surface area (Å²) >= 11 is 1.72. The molecule has 0 bridgehead atoms. The summed E-state index contributed by atoms with van der Waals surface area (Å²) in [6.07, 6.45) is 0. The van der Waals surface area contributed by atoms with Gasteiger partial charge < -0.3 is 9.80 Å². The molecule has 0 saturated carbocycles. The van der Waals surface area contributed by atoms with Gasteiger partial charge in [-0.2, -0.15) is 0 Å². The van der Waals surface area contributed by atoms with E-state index in [4.69, 9.17) is 4.98 Å². The van der Waals surface area contributed by atoms with Crippen LogP contribution in [-0.4, -0.2) is 36.4 Å². The molecular formula is C21H26N3OS+. The lowest BCUT2D eigenvalue weighted by Crippen LogP contribution is -3.10. The summed E-state index contributed by atoms with van der Waals surface area (Å²) in [6.45, 7) is 5.31. The third kappa shape index (κ3) is 4.29. The van der Waals surface area contributed by atoms with Gasteiger partial charge in [-0.05, 0) is 31.5 Å². The van der Waals surface area contributed by atoms with E-state index in [1.165, 1.54) is 10.3 Å². The largest absolute Gasteiger partial charge is 0.337 e. The van der Waals surface area contributed by atoms with Gasteiger partial charge in [0.05, 0.1) is 17.3 Å². The maximum absolute atomic E-state index is 12.6. The lowest BCUT2D eigenvalue weighted by molar-refractivity contribution is -0.902. The summed E-state index contributed by atoms with van der Waals surface area (Å²) in [7, 11) is 3.94. The van der Waals surface area contributed by atoms with Crippen molar-refractivity contribution < 1.29 is 9.69 Å². The Balaban J connectivity index is 1.61. The Hall–Kier alpha value is -2.24. The van der Waals surface area contributed by atoms with Crippen LogP contribution in [0.4, 0.5) is 0 Å². The van der Waals surface area contributed by atoms with Crippen molar-refractivity contribution in [2.24, 2.45) is 0 Å². The Morgan fingerprint density at radius 1 is 1.19 bits per heavy atom. The first kappa shape index (κ1) is 18.5. The van der Waals surface area contributed by atoms with Gasteiger partial charge in [0.1, 0.15) is 6.04 Å². The maximum atomic E-state index is 12.6. The average Bonchev–Trinajstić information content (AvgIpc) is 3.06. The van der Waals surface area contributed by atoms with Crippen molar-refractivity contribution in [3.63, 3.8) is 0 Å². The molecule has 1 unspecified atom stereocenters. The molecule has 26 heavy (non-hydrogen) atoms. The minimum Gasteiger partial charge on any atom is -0.337 e. The quantitative estimate of drug-likeness (QED) is 0.726. The number of carbonyl (C=O) groups excluding carboxylic acids is 1. The molecule has 1 heterocycles. The molecule has 3 aromatic rings. The molecule has 0 aliphatic heterocycles. The summed E-state index contributed by atoms with van der Waals surface area (Å²) in [5.74, 6) is 0.149. The highest BCUT2D eigenvalue weighted by Gasteiger charge is 2.23. The monoisotopic (exact) mass is 368 g/mol. The van der Waals surface area contributed by atoms with Crippen LogP contribution in [0.3, 0.4) is 0 Å². The third-order valence-electron chi connectivity index (χ3n) is 4.82. The number of benzene rings is 2. The number of hydrogen-bond acceptors (Lipinski definition) is 3. The number of para-hydroxylation sites is 1. The Labute approximate surface area is 159 Å². The summed E-state index contributed by atoms with van der Waals surface area (Å²) in [5.41, 5.74) is 3.43. The molecular weight excluding hydrogens is 342 g/mol. The topological polar surface area (TPSA) is 37.6 Å². The second-order valence-corrected chi connectivity index (χ2v) is 8.06. The molecule has 0 aliphatic carbocycles. The number of hydrogen-bond donors (Lipinski definition) is 1. The second kappa shape index (κ2) is 7.98. The zero-order chi connectivity index (χ0) is 18.7. The van der Waals surface area contributed by atoms with Crippen LogP contribution in [0.25, 0.3) is 10.2 Å². The van der Waals surface area contributed by atoms with Crippen LogP contribution < -0.4 is 4.90 Å². The summed E-state index contributed by atoms with van der Waals surface area (Å²) in [4.78, 5) is 20.3. The van der Waals surface area contributed by atoms with Crippen molar-refractivity contribution >= 4 is 27.5 Å². The molecule has 5 heteroatoms. The molecule has 4 nitrogen and oxygen atoms in total. The lowest BCUT2D eigenvalue weighted by atomic mass is 10.1. The standard InChI is InChI=1S/C21H25N3OS/c1-15-9-11-17(12-10-15)13-24(4)20(25)14-23(3)16(2)21-22-18-7-5-6-8-19(18)26-21/h5-12,16H,13-14H2,1-4H3/p+1/t16-/m1/s1.